The molecule has 7 N–H and O–H groups in total. The topological polar surface area (TPSA) is 372 Å². The Morgan fingerprint density at radius 2 is 1.05 bits per heavy atom. The van der Waals surface area contributed by atoms with Crippen LogP contribution in [0.3, 0.4) is 0 Å². The fraction of sp³-hybridized carbons (Fsp3) is 0.421. The molecule has 6 fully saturated rings. The van der Waals surface area contributed by atoms with E-state index in [9.17, 15) is 38.4 Å². The van der Waals surface area contributed by atoms with Crippen molar-refractivity contribution in [3.8, 4) is 11.5 Å². The van der Waals surface area contributed by atoms with Gasteiger partial charge in [-0.2, -0.15) is 20.2 Å². The van der Waals surface area contributed by atoms with Crippen LogP contribution in [0, 0.1) is 22.7 Å². The van der Waals surface area contributed by atoms with Gasteiger partial charge in [-0.3, -0.25) is 77.9 Å². The number of ether oxygens (including phenoxy) is 2. The summed E-state index contributed by atoms with van der Waals surface area (Å²) in [5.74, 6) is -1.37. The number of likely N-dealkylation sites (N-methyl/N-ethyl adjacent to an activating group) is 1. The van der Waals surface area contributed by atoms with Crippen molar-refractivity contribution in [3.63, 3.8) is 0 Å². The Labute approximate surface area is 639 Å². The van der Waals surface area contributed by atoms with Crippen LogP contribution >= 0.6 is 23.2 Å². The molecule has 6 amide bonds. The summed E-state index contributed by atoms with van der Waals surface area (Å²) in [6.45, 7) is 8.47. The Hall–Kier alpha value is -11.5. The summed E-state index contributed by atoms with van der Waals surface area (Å²) >= 11 is 13.4. The maximum absolute atomic E-state index is 13.7. The highest BCUT2D eigenvalue weighted by atomic mass is 35.5. The highest BCUT2D eigenvalue weighted by Gasteiger charge is 2.50. The van der Waals surface area contributed by atoms with Gasteiger partial charge in [0.25, 0.3) is 22.9 Å². The van der Waals surface area contributed by atoms with Crippen molar-refractivity contribution in [2.45, 2.75) is 115 Å². The molecule has 0 radical (unpaired) electrons. The molecule has 2 aromatic carbocycles. The van der Waals surface area contributed by atoms with Crippen molar-refractivity contribution in [2.24, 2.45) is 50.9 Å². The van der Waals surface area contributed by atoms with Gasteiger partial charge in [-0.25, -0.2) is 19.9 Å². The highest BCUT2D eigenvalue weighted by Crippen LogP contribution is 2.50. The van der Waals surface area contributed by atoms with Crippen LogP contribution in [0.15, 0.2) is 95.0 Å². The number of piperidine rings is 2. The Morgan fingerprint density at radius 1 is 0.600 bits per heavy atom. The molecule has 6 aliphatic rings. The van der Waals surface area contributed by atoms with E-state index in [0.29, 0.717) is 93.0 Å². The first-order chi connectivity index (χ1) is 52.7. The predicted molar refractivity (Wildman–Crippen MR) is 413 cm³/mol. The number of benzene rings is 2. The number of aromatic nitrogens is 12. The number of hydrogen-bond donors (Lipinski definition) is 7. The van der Waals surface area contributed by atoms with E-state index >= 15 is 0 Å². The van der Waals surface area contributed by atoms with E-state index in [4.69, 9.17) is 52.8 Å². The number of aryl methyl sites for hydroxylation is 4. The molecule has 34 heteroatoms. The number of nitrogens with zero attached hydrogens (tertiary/aromatic N) is 15. The molecular formula is C76H82Cl2N22O10. The lowest BCUT2D eigenvalue weighted by atomic mass is 9.64. The van der Waals surface area contributed by atoms with E-state index in [1.54, 1.807) is 46.3 Å². The number of carbonyl (C=O) groups is 6. The lowest BCUT2D eigenvalue weighted by Crippen LogP contribution is -2.60. The molecule has 2 spiro atoms. The summed E-state index contributed by atoms with van der Waals surface area (Å²) in [4.78, 5) is 136. The minimum atomic E-state index is -1.29. The van der Waals surface area contributed by atoms with E-state index in [0.717, 1.165) is 103 Å². The molecule has 8 aromatic heterocycles. The molecule has 10 aromatic rings. The first-order valence-corrected chi connectivity index (χ1v) is 37.6. The van der Waals surface area contributed by atoms with Gasteiger partial charge >= 0.3 is 0 Å². The zero-order valence-electron chi connectivity index (χ0n) is 61.8. The number of hydrogen-bond acceptors (Lipinski definition) is 24. The second kappa shape index (κ2) is 28.5. The minimum Gasteiger partial charge on any atom is -0.478 e. The van der Waals surface area contributed by atoms with Crippen LogP contribution in [0.4, 0.5) is 46.3 Å². The Balaban J connectivity index is 0.498. The summed E-state index contributed by atoms with van der Waals surface area (Å²) in [5.41, 5.74) is 8.38. The smallest absolute Gasteiger partial charge is 0.294 e. The van der Waals surface area contributed by atoms with Gasteiger partial charge in [-0.05, 0) is 131 Å². The first-order valence-electron chi connectivity index (χ1n) is 36.8. The lowest BCUT2D eigenvalue weighted by molar-refractivity contribution is -0.143. The second-order valence-corrected chi connectivity index (χ2v) is 31.4. The van der Waals surface area contributed by atoms with Crippen molar-refractivity contribution in [2.75, 3.05) is 70.9 Å². The van der Waals surface area contributed by atoms with Gasteiger partial charge in [0.15, 0.2) is 35.8 Å². The maximum Gasteiger partial charge on any atom is 0.294 e. The number of hydrazine groups is 1. The number of rotatable bonds is 18. The van der Waals surface area contributed by atoms with Gasteiger partial charge in [0, 0.05) is 130 Å². The number of imide groups is 2. The third-order valence-electron chi connectivity index (χ3n) is 22.8. The van der Waals surface area contributed by atoms with E-state index < -0.39 is 47.5 Å². The maximum atomic E-state index is 13.7. The molecule has 570 valence electrons. The van der Waals surface area contributed by atoms with Gasteiger partial charge in [-0.15, -0.1) is 0 Å². The monoisotopic (exact) mass is 1530 g/mol. The third kappa shape index (κ3) is 13.9. The van der Waals surface area contributed by atoms with Gasteiger partial charge in [0.2, 0.25) is 35.5 Å². The molecule has 16 rings (SSSR count). The number of halogens is 2. The largest absolute Gasteiger partial charge is 0.478 e. The van der Waals surface area contributed by atoms with Crippen LogP contribution in [0.5, 0.6) is 11.5 Å². The number of amides is 6. The van der Waals surface area contributed by atoms with Crippen molar-refractivity contribution >= 4 is 149 Å². The number of nitrogens with one attached hydrogen (secondary N) is 7. The van der Waals surface area contributed by atoms with Crippen LogP contribution in [-0.4, -0.2) is 157 Å². The molecular weight excluding hydrogens is 1450 g/mol. The van der Waals surface area contributed by atoms with Crippen molar-refractivity contribution in [1.82, 2.24) is 79.7 Å². The van der Waals surface area contributed by atoms with Crippen LogP contribution in [0.2, 0.25) is 10.0 Å². The quantitative estimate of drug-likeness (QED) is 0.0317. The third-order valence-corrected chi connectivity index (χ3v) is 23.4. The van der Waals surface area contributed by atoms with Crippen LogP contribution < -0.4 is 67.7 Å². The second-order valence-electron chi connectivity index (χ2n) is 30.6. The van der Waals surface area contributed by atoms with Crippen LogP contribution in [0.25, 0.3) is 43.9 Å². The van der Waals surface area contributed by atoms with Gasteiger partial charge in [-0.1, -0.05) is 37.0 Å². The molecule has 7 atom stereocenters. The lowest BCUT2D eigenvalue weighted by Gasteiger charge is -2.55. The number of fused-ring (bicyclic) bond motifs is 4. The van der Waals surface area contributed by atoms with E-state index in [1.807, 2.05) is 38.4 Å². The summed E-state index contributed by atoms with van der Waals surface area (Å²) < 4.78 is 18.0. The normalized spacial score (nSPS) is 21.1. The van der Waals surface area contributed by atoms with Crippen molar-refractivity contribution in [1.29, 1.82) is 0 Å². The summed E-state index contributed by atoms with van der Waals surface area (Å²) in [7, 11) is 8.12. The Kier molecular flexibility index (Phi) is 18.8. The molecule has 4 saturated heterocycles. The molecule has 2 saturated carbocycles. The molecule has 110 heavy (non-hydrogen) atoms. The zero-order valence-corrected chi connectivity index (χ0v) is 63.3. The van der Waals surface area contributed by atoms with Crippen molar-refractivity contribution < 1.29 is 38.2 Å². The van der Waals surface area contributed by atoms with Gasteiger partial charge in [0.05, 0.1) is 70.4 Å². The van der Waals surface area contributed by atoms with Crippen molar-refractivity contribution in [3.05, 3.63) is 128 Å². The highest BCUT2D eigenvalue weighted by molar-refractivity contribution is 6.33. The van der Waals surface area contributed by atoms with Crippen LogP contribution in [-0.2, 0) is 57.0 Å². The Morgan fingerprint density at radius 3 is 1.51 bits per heavy atom. The average Bonchev–Trinajstić information content (AvgIpc) is 1.42. The van der Waals surface area contributed by atoms with Gasteiger partial charge < -0.3 is 40.5 Å². The standard InChI is InChI=1S/C76H82Cl2N22O10/c1-38-27-75(19-17-53(38)83-43-9-11-47-55(25-43)96(6)91-62(47)49-13-15-59(101)87-69(49)105)34-99(35-75)73-81-31-51(77)64(89-73)85-45-21-41-23-57(71(107)94(4)66(41)79-29-45)109-33-61(103)98(8)93-68(104)40(3)110-58-24-42-22-46(30-80-67(42)95(5)72(58)108)86-65-52(78)32-82-74(90-65)100-36-76(37-100)20-18-54(39(2)28-76)84-44-10-12-48-56(26-44)97(7)92-63(48)50-14-16-60(102)88-70(50)106/h9-12,21-26,29-32,38-40,49-50,53-54,83-84H,13-20,27-28,33-37H2,1-8H3,(H,93,104)(H,81,85,89)(H,82,86,90)(H,87,101,105)(H,88,102,106)/t38-,39-,40?,49?,50?,53-,54-/m0/s1. The number of pyridine rings is 4. The minimum absolute atomic E-state index is 0.0935. The molecule has 3 unspecified atom stereocenters. The van der Waals surface area contributed by atoms with E-state index in [-0.39, 0.29) is 80.9 Å². The SMILES string of the molecule is CC(Oc1cc2cc(Nc3nc(N4CC5(CC[C@H](Nc6ccc7c(C8CCC(=O)NC8=O)nn(C)c7c6)[C@@H](C)C5)C4)ncc3Cl)cnc2n(C)c1=O)C(=O)NN(C)C(=O)COc1cc2cc(Nc3nc(N4CC5(CC[C@H](Nc6ccc7c(C8CCC(=O)NC8=O)nn(C)c7c6)[C@@H](C)C5)C4)ncc3Cl)cnc2n(C)c1=O. The van der Waals surface area contributed by atoms with Crippen LogP contribution in [0.1, 0.15) is 108 Å². The zero-order chi connectivity index (χ0) is 76.9. The molecule has 12 heterocycles. The fourth-order valence-electron chi connectivity index (χ4n) is 17.0. The van der Waals surface area contributed by atoms with E-state index in [2.05, 4.69) is 93.0 Å². The predicted octanol–water partition coefficient (Wildman–Crippen LogP) is 7.92. The molecule has 0 bridgehead atoms. The summed E-state index contributed by atoms with van der Waals surface area (Å²) in [6.07, 6.45) is 12.4. The molecule has 2 aliphatic carbocycles. The molecule has 32 nitrogen and oxygen atoms in total. The Bertz CT molecular complexity index is 5600. The van der Waals surface area contributed by atoms with Gasteiger partial charge in [0.1, 0.15) is 21.3 Å². The summed E-state index contributed by atoms with van der Waals surface area (Å²) in [5, 5.41) is 32.7. The number of carbonyl (C=O) groups excluding carboxylic acids is 6. The average molecular weight is 1530 g/mol. The van der Waals surface area contributed by atoms with E-state index in [1.165, 1.54) is 49.3 Å². The first kappa shape index (κ1) is 72.6. The molecule has 4 aliphatic heterocycles. The fourth-order valence-corrected chi connectivity index (χ4v) is 17.3. The summed E-state index contributed by atoms with van der Waals surface area (Å²) in [6, 6.07) is 19.2. The number of anilines is 8.